The molecule has 3 aromatic rings. The number of aromatic nitrogens is 2. The first-order chi connectivity index (χ1) is 12.1. The normalized spacial score (nSPS) is 10.5. The molecule has 4 nitrogen and oxygen atoms in total. The molecule has 0 aliphatic heterocycles. The van der Waals surface area contributed by atoms with Crippen LogP contribution in [0.5, 0.6) is 0 Å². The van der Waals surface area contributed by atoms with Crippen molar-refractivity contribution in [3.05, 3.63) is 77.1 Å². The third-order valence-electron chi connectivity index (χ3n) is 4.03. The van der Waals surface area contributed by atoms with E-state index in [0.717, 1.165) is 36.1 Å². The zero-order chi connectivity index (χ0) is 17.6. The van der Waals surface area contributed by atoms with Crippen LogP contribution in [0, 0.1) is 13.8 Å². The molecule has 0 saturated heterocycles. The predicted molar refractivity (Wildman–Crippen MR) is 104 cm³/mol. The van der Waals surface area contributed by atoms with Crippen molar-refractivity contribution >= 4 is 17.3 Å². The van der Waals surface area contributed by atoms with Gasteiger partial charge in [-0.2, -0.15) is 0 Å². The van der Waals surface area contributed by atoms with E-state index in [1.54, 1.807) is 0 Å². The van der Waals surface area contributed by atoms with Crippen molar-refractivity contribution in [3.8, 4) is 0 Å². The molecule has 0 radical (unpaired) electrons. The summed E-state index contributed by atoms with van der Waals surface area (Å²) in [5, 5.41) is 6.73. The van der Waals surface area contributed by atoms with Crippen LogP contribution in [0.4, 0.5) is 17.3 Å². The van der Waals surface area contributed by atoms with E-state index in [1.165, 1.54) is 16.7 Å². The van der Waals surface area contributed by atoms with Gasteiger partial charge >= 0.3 is 0 Å². The Hall–Kier alpha value is -2.88. The van der Waals surface area contributed by atoms with Crippen LogP contribution in [-0.2, 0) is 13.0 Å². The fourth-order valence-corrected chi connectivity index (χ4v) is 2.71. The van der Waals surface area contributed by atoms with Crippen LogP contribution in [0.25, 0.3) is 0 Å². The maximum atomic E-state index is 4.48. The Morgan fingerprint density at radius 1 is 0.840 bits per heavy atom. The summed E-state index contributed by atoms with van der Waals surface area (Å²) in [6, 6.07) is 18.8. The number of hydrogen-bond donors (Lipinski definition) is 2. The van der Waals surface area contributed by atoms with Crippen LogP contribution in [0.1, 0.15) is 29.4 Å². The van der Waals surface area contributed by atoms with Crippen LogP contribution in [0.3, 0.4) is 0 Å². The van der Waals surface area contributed by atoms with Gasteiger partial charge in [0.1, 0.15) is 17.5 Å². The molecular weight excluding hydrogens is 308 g/mol. The van der Waals surface area contributed by atoms with Gasteiger partial charge in [-0.1, -0.05) is 48.9 Å². The van der Waals surface area contributed by atoms with Crippen molar-refractivity contribution < 1.29 is 0 Å². The Morgan fingerprint density at radius 2 is 1.60 bits per heavy atom. The third-order valence-corrected chi connectivity index (χ3v) is 4.03. The largest absolute Gasteiger partial charge is 0.366 e. The SMILES string of the molecule is CCc1ccc(Nc2cc(NCc3cccc(C)c3)nc(C)n2)cc1. The molecule has 0 amide bonds. The van der Waals surface area contributed by atoms with Gasteiger partial charge in [-0.3, -0.25) is 0 Å². The number of anilines is 3. The topological polar surface area (TPSA) is 49.8 Å². The number of benzene rings is 2. The van der Waals surface area contributed by atoms with Crippen molar-refractivity contribution in [2.45, 2.75) is 33.7 Å². The van der Waals surface area contributed by atoms with E-state index in [9.17, 15) is 0 Å². The van der Waals surface area contributed by atoms with Crippen molar-refractivity contribution in [1.82, 2.24) is 9.97 Å². The second-order valence-corrected chi connectivity index (χ2v) is 6.20. The van der Waals surface area contributed by atoms with Gasteiger partial charge in [0.05, 0.1) is 0 Å². The van der Waals surface area contributed by atoms with Crippen molar-refractivity contribution in [3.63, 3.8) is 0 Å². The highest BCUT2D eigenvalue weighted by molar-refractivity contribution is 5.59. The van der Waals surface area contributed by atoms with Crippen LogP contribution in [-0.4, -0.2) is 9.97 Å². The second-order valence-electron chi connectivity index (χ2n) is 6.20. The molecule has 1 heterocycles. The van der Waals surface area contributed by atoms with Crippen LogP contribution >= 0.6 is 0 Å². The minimum atomic E-state index is 0.738. The number of aryl methyl sites for hydroxylation is 3. The molecule has 2 N–H and O–H groups in total. The lowest BCUT2D eigenvalue weighted by molar-refractivity contribution is 1.02. The van der Waals surface area contributed by atoms with E-state index in [4.69, 9.17) is 0 Å². The van der Waals surface area contributed by atoms with Crippen molar-refractivity contribution in [1.29, 1.82) is 0 Å². The molecule has 0 fully saturated rings. The molecule has 2 aromatic carbocycles. The van der Waals surface area contributed by atoms with Gasteiger partial charge in [0.2, 0.25) is 0 Å². The summed E-state index contributed by atoms with van der Waals surface area (Å²) in [5.74, 6) is 2.35. The molecule has 0 saturated carbocycles. The Labute approximate surface area is 149 Å². The third kappa shape index (κ3) is 4.80. The molecule has 0 aliphatic rings. The first-order valence-electron chi connectivity index (χ1n) is 8.63. The highest BCUT2D eigenvalue weighted by atomic mass is 15.1. The molecule has 0 unspecified atom stereocenters. The lowest BCUT2D eigenvalue weighted by atomic mass is 10.1. The Kier molecular flexibility index (Phi) is 5.29. The van der Waals surface area contributed by atoms with E-state index in [1.807, 2.05) is 13.0 Å². The molecule has 4 heteroatoms. The van der Waals surface area contributed by atoms with E-state index in [-0.39, 0.29) is 0 Å². The van der Waals surface area contributed by atoms with Crippen LogP contribution < -0.4 is 10.6 Å². The fraction of sp³-hybridized carbons (Fsp3) is 0.238. The monoisotopic (exact) mass is 332 g/mol. The predicted octanol–water partition coefficient (Wildman–Crippen LogP) is 5.01. The van der Waals surface area contributed by atoms with E-state index < -0.39 is 0 Å². The second kappa shape index (κ2) is 7.79. The number of hydrogen-bond acceptors (Lipinski definition) is 4. The molecule has 128 valence electrons. The summed E-state index contributed by atoms with van der Waals surface area (Å²) in [7, 11) is 0. The van der Waals surface area contributed by atoms with Gasteiger partial charge in [-0.25, -0.2) is 9.97 Å². The molecule has 0 aliphatic carbocycles. The van der Waals surface area contributed by atoms with E-state index in [2.05, 4.69) is 83.0 Å². The molecule has 3 rings (SSSR count). The summed E-state index contributed by atoms with van der Waals surface area (Å²) in [5.41, 5.74) is 4.85. The van der Waals surface area contributed by atoms with E-state index in [0.29, 0.717) is 0 Å². The molecule has 1 aromatic heterocycles. The molecule has 0 spiro atoms. The van der Waals surface area contributed by atoms with Crippen molar-refractivity contribution in [2.75, 3.05) is 10.6 Å². The Balaban J connectivity index is 1.71. The summed E-state index contributed by atoms with van der Waals surface area (Å²) in [6.45, 7) is 6.90. The highest BCUT2D eigenvalue weighted by Crippen LogP contribution is 2.19. The average Bonchev–Trinajstić information content (AvgIpc) is 2.60. The first kappa shape index (κ1) is 17.0. The van der Waals surface area contributed by atoms with Crippen LogP contribution in [0.2, 0.25) is 0 Å². The quantitative estimate of drug-likeness (QED) is 0.666. The smallest absolute Gasteiger partial charge is 0.136 e. The molecular formula is C21H24N4. The molecule has 0 atom stereocenters. The van der Waals surface area contributed by atoms with Gasteiger partial charge < -0.3 is 10.6 Å². The fourth-order valence-electron chi connectivity index (χ4n) is 2.71. The maximum Gasteiger partial charge on any atom is 0.136 e. The summed E-state index contributed by atoms with van der Waals surface area (Å²) >= 11 is 0. The summed E-state index contributed by atoms with van der Waals surface area (Å²) in [6.07, 6.45) is 1.04. The minimum Gasteiger partial charge on any atom is -0.366 e. The Bertz CT molecular complexity index is 841. The van der Waals surface area contributed by atoms with Gasteiger partial charge in [-0.15, -0.1) is 0 Å². The Morgan fingerprint density at radius 3 is 2.32 bits per heavy atom. The maximum absolute atomic E-state index is 4.48. The van der Waals surface area contributed by atoms with Crippen LogP contribution in [0.15, 0.2) is 54.6 Å². The molecule has 0 bridgehead atoms. The summed E-state index contributed by atoms with van der Waals surface area (Å²) in [4.78, 5) is 8.96. The minimum absolute atomic E-state index is 0.738. The van der Waals surface area contributed by atoms with Gasteiger partial charge in [0.15, 0.2) is 0 Å². The van der Waals surface area contributed by atoms with Gasteiger partial charge in [0.25, 0.3) is 0 Å². The lowest BCUT2D eigenvalue weighted by Gasteiger charge is -2.11. The van der Waals surface area contributed by atoms with Gasteiger partial charge in [-0.05, 0) is 43.5 Å². The number of rotatable bonds is 6. The molecule has 25 heavy (non-hydrogen) atoms. The highest BCUT2D eigenvalue weighted by Gasteiger charge is 2.03. The lowest BCUT2D eigenvalue weighted by Crippen LogP contribution is -2.05. The zero-order valence-corrected chi connectivity index (χ0v) is 15.0. The van der Waals surface area contributed by atoms with Gasteiger partial charge in [0, 0.05) is 18.3 Å². The summed E-state index contributed by atoms with van der Waals surface area (Å²) < 4.78 is 0. The standard InChI is InChI=1S/C21H24N4/c1-4-17-8-10-19(11-9-17)25-21-13-20(23-16(3)24-21)22-14-18-7-5-6-15(2)12-18/h5-13H,4,14H2,1-3H3,(H2,22,23,24,25). The number of nitrogens with zero attached hydrogens (tertiary/aromatic N) is 2. The number of nitrogens with one attached hydrogen (secondary N) is 2. The van der Waals surface area contributed by atoms with Crippen molar-refractivity contribution in [2.24, 2.45) is 0 Å². The van der Waals surface area contributed by atoms with E-state index >= 15 is 0 Å². The first-order valence-corrected chi connectivity index (χ1v) is 8.63. The average molecular weight is 332 g/mol. The zero-order valence-electron chi connectivity index (χ0n) is 15.0.